The largest absolute Gasteiger partial charge is 0.496 e. The highest BCUT2D eigenvalue weighted by Gasteiger charge is 2.11. The van der Waals surface area contributed by atoms with E-state index in [4.69, 9.17) is 4.74 Å². The van der Waals surface area contributed by atoms with Crippen molar-refractivity contribution in [2.24, 2.45) is 0 Å². The van der Waals surface area contributed by atoms with Crippen LogP contribution in [-0.2, 0) is 0 Å². The lowest BCUT2D eigenvalue weighted by atomic mass is 10.00. The maximum Gasteiger partial charge on any atom is 0.190 e. The fourth-order valence-corrected chi connectivity index (χ4v) is 2.15. The molecular formula is C17H18O2. The average Bonchev–Trinajstić information content (AvgIpc) is 2.60. The van der Waals surface area contributed by atoms with Gasteiger partial charge in [-0.1, -0.05) is 56.3 Å². The molecule has 0 aliphatic heterocycles. The van der Waals surface area contributed by atoms with Gasteiger partial charge in [-0.25, -0.2) is 0 Å². The Hall–Kier alpha value is -2.09. The lowest BCUT2D eigenvalue weighted by molar-refractivity contribution is 0.416. The Balaban J connectivity index is 2.74. The van der Waals surface area contributed by atoms with E-state index in [1.807, 2.05) is 62.4 Å². The molecule has 2 nitrogen and oxygen atoms in total. The molecule has 2 aromatic carbocycles. The lowest BCUT2D eigenvalue weighted by Gasteiger charge is -2.08. The zero-order valence-electron chi connectivity index (χ0n) is 11.5. The van der Waals surface area contributed by atoms with Gasteiger partial charge in [0, 0.05) is 16.7 Å². The molecule has 0 spiro atoms. The molecule has 0 N–H and O–H groups in total. The van der Waals surface area contributed by atoms with E-state index in [9.17, 15) is 4.79 Å². The topological polar surface area (TPSA) is 26.3 Å². The highest BCUT2D eigenvalue weighted by molar-refractivity contribution is 5.70. The number of rotatable bonds is 3. The molecular weight excluding hydrogens is 236 g/mol. The van der Waals surface area contributed by atoms with E-state index in [0.717, 1.165) is 16.9 Å². The second-order valence-corrected chi connectivity index (χ2v) is 4.77. The van der Waals surface area contributed by atoms with E-state index >= 15 is 0 Å². The predicted octanol–water partition coefficient (Wildman–Crippen LogP) is 3.85. The van der Waals surface area contributed by atoms with Gasteiger partial charge in [0.1, 0.15) is 5.75 Å². The molecule has 0 bridgehead atoms. The van der Waals surface area contributed by atoms with E-state index in [1.54, 1.807) is 7.11 Å². The zero-order chi connectivity index (χ0) is 13.8. The standard InChI is InChI=1S/C17H18O2/c1-12(2)13-8-4-5-10-15(17(13)18)14-9-6-7-11-16(14)19-3/h4-12H,1-3H3. The Bertz CT molecular complexity index is 630. The van der Waals surface area contributed by atoms with Crippen LogP contribution in [0.1, 0.15) is 25.3 Å². The molecule has 0 amide bonds. The van der Waals surface area contributed by atoms with Crippen LogP contribution in [0.15, 0.2) is 53.3 Å². The van der Waals surface area contributed by atoms with Crippen LogP contribution in [-0.4, -0.2) is 7.11 Å². The van der Waals surface area contributed by atoms with E-state index in [0.29, 0.717) is 5.56 Å². The van der Waals surface area contributed by atoms with Gasteiger partial charge in [0.15, 0.2) is 5.43 Å². The first-order chi connectivity index (χ1) is 9.15. The van der Waals surface area contributed by atoms with Crippen LogP contribution in [0.4, 0.5) is 0 Å². The number of para-hydroxylation sites is 1. The predicted molar refractivity (Wildman–Crippen MR) is 78.8 cm³/mol. The third-order valence-corrected chi connectivity index (χ3v) is 3.18. The lowest BCUT2D eigenvalue weighted by Crippen LogP contribution is -2.10. The molecule has 0 fully saturated rings. The van der Waals surface area contributed by atoms with Gasteiger partial charge in [-0.15, -0.1) is 0 Å². The van der Waals surface area contributed by atoms with Crippen molar-refractivity contribution in [3.8, 4) is 16.9 Å². The first-order valence-corrected chi connectivity index (χ1v) is 6.41. The summed E-state index contributed by atoms with van der Waals surface area (Å²) in [5.74, 6) is 0.925. The maximum absolute atomic E-state index is 12.6. The Morgan fingerprint density at radius 3 is 2.11 bits per heavy atom. The van der Waals surface area contributed by atoms with Gasteiger partial charge in [0.25, 0.3) is 0 Å². The molecule has 19 heavy (non-hydrogen) atoms. The van der Waals surface area contributed by atoms with Crippen LogP contribution < -0.4 is 10.2 Å². The molecule has 2 rings (SSSR count). The Labute approximate surface area is 113 Å². The van der Waals surface area contributed by atoms with Crippen LogP contribution in [0.25, 0.3) is 11.1 Å². The van der Waals surface area contributed by atoms with Crippen molar-refractivity contribution >= 4 is 0 Å². The van der Waals surface area contributed by atoms with Crippen LogP contribution in [0.3, 0.4) is 0 Å². The summed E-state index contributed by atoms with van der Waals surface area (Å²) in [5, 5.41) is 0. The Morgan fingerprint density at radius 1 is 0.895 bits per heavy atom. The Morgan fingerprint density at radius 2 is 1.47 bits per heavy atom. The summed E-state index contributed by atoms with van der Waals surface area (Å²) in [6, 6.07) is 15.2. The maximum atomic E-state index is 12.6. The van der Waals surface area contributed by atoms with Gasteiger partial charge in [0.2, 0.25) is 0 Å². The van der Waals surface area contributed by atoms with Crippen molar-refractivity contribution in [2.75, 3.05) is 7.11 Å². The molecule has 2 aromatic rings. The molecule has 2 heteroatoms. The van der Waals surface area contributed by atoms with Gasteiger partial charge in [-0.2, -0.15) is 0 Å². The molecule has 0 aromatic heterocycles. The summed E-state index contributed by atoms with van der Waals surface area (Å²) >= 11 is 0. The molecule has 0 aliphatic carbocycles. The quantitative estimate of drug-likeness (QED) is 0.831. The van der Waals surface area contributed by atoms with Gasteiger partial charge < -0.3 is 4.74 Å². The van der Waals surface area contributed by atoms with Crippen LogP contribution in [0.5, 0.6) is 5.75 Å². The molecule has 0 saturated carbocycles. The summed E-state index contributed by atoms with van der Waals surface area (Å²) in [4.78, 5) is 12.6. The average molecular weight is 254 g/mol. The number of methoxy groups -OCH3 is 1. The first-order valence-electron chi connectivity index (χ1n) is 6.41. The van der Waals surface area contributed by atoms with Crippen molar-refractivity contribution in [2.45, 2.75) is 19.8 Å². The second-order valence-electron chi connectivity index (χ2n) is 4.77. The highest BCUT2D eigenvalue weighted by atomic mass is 16.5. The number of ether oxygens (including phenoxy) is 1. The SMILES string of the molecule is COc1ccccc1-c1ccccc(C(C)C)c1=O. The minimum atomic E-state index is 0.0736. The number of hydrogen-bond donors (Lipinski definition) is 0. The highest BCUT2D eigenvalue weighted by Crippen LogP contribution is 2.27. The normalized spacial score (nSPS) is 10.5. The van der Waals surface area contributed by atoms with Gasteiger partial charge in [0.05, 0.1) is 7.11 Å². The van der Waals surface area contributed by atoms with Gasteiger partial charge in [-0.3, -0.25) is 4.79 Å². The van der Waals surface area contributed by atoms with Crippen LogP contribution in [0, 0.1) is 0 Å². The smallest absolute Gasteiger partial charge is 0.190 e. The van der Waals surface area contributed by atoms with Crippen molar-refractivity contribution in [1.29, 1.82) is 0 Å². The summed E-state index contributed by atoms with van der Waals surface area (Å²) in [6.45, 7) is 4.06. The summed E-state index contributed by atoms with van der Waals surface area (Å²) in [7, 11) is 1.62. The monoisotopic (exact) mass is 254 g/mol. The fraction of sp³-hybridized carbons (Fsp3) is 0.235. The minimum absolute atomic E-state index is 0.0736. The molecule has 98 valence electrons. The zero-order valence-corrected chi connectivity index (χ0v) is 11.5. The summed E-state index contributed by atoms with van der Waals surface area (Å²) in [5.41, 5.74) is 2.43. The van der Waals surface area contributed by atoms with Crippen molar-refractivity contribution in [3.63, 3.8) is 0 Å². The molecule has 0 aliphatic rings. The Kier molecular flexibility index (Phi) is 4.00. The molecule has 0 saturated heterocycles. The summed E-state index contributed by atoms with van der Waals surface area (Å²) in [6.07, 6.45) is 0. The van der Waals surface area contributed by atoms with Gasteiger partial charge in [-0.05, 0) is 12.0 Å². The van der Waals surface area contributed by atoms with Crippen LogP contribution in [0.2, 0.25) is 0 Å². The third kappa shape index (κ3) is 2.68. The van der Waals surface area contributed by atoms with Gasteiger partial charge >= 0.3 is 0 Å². The number of hydrogen-bond acceptors (Lipinski definition) is 2. The van der Waals surface area contributed by atoms with E-state index < -0.39 is 0 Å². The van der Waals surface area contributed by atoms with E-state index in [-0.39, 0.29) is 11.3 Å². The number of benzene rings is 1. The fourth-order valence-electron chi connectivity index (χ4n) is 2.15. The molecule has 0 heterocycles. The second kappa shape index (κ2) is 5.70. The van der Waals surface area contributed by atoms with Crippen molar-refractivity contribution < 1.29 is 4.74 Å². The van der Waals surface area contributed by atoms with E-state index in [1.165, 1.54) is 0 Å². The third-order valence-electron chi connectivity index (χ3n) is 3.18. The summed E-state index contributed by atoms with van der Waals surface area (Å²) < 4.78 is 5.35. The van der Waals surface area contributed by atoms with Crippen molar-refractivity contribution in [1.82, 2.24) is 0 Å². The van der Waals surface area contributed by atoms with Crippen LogP contribution >= 0.6 is 0 Å². The minimum Gasteiger partial charge on any atom is -0.496 e. The first kappa shape index (κ1) is 13.3. The molecule has 0 radical (unpaired) electrons. The van der Waals surface area contributed by atoms with E-state index in [2.05, 4.69) is 0 Å². The molecule has 0 unspecified atom stereocenters. The molecule has 0 atom stereocenters. The van der Waals surface area contributed by atoms with Crippen molar-refractivity contribution in [3.05, 3.63) is 64.3 Å².